The summed E-state index contributed by atoms with van der Waals surface area (Å²) in [5.74, 6) is 0. The summed E-state index contributed by atoms with van der Waals surface area (Å²) in [6.45, 7) is 2.65. The van der Waals surface area contributed by atoms with Crippen LogP contribution in [-0.2, 0) is 6.54 Å². The smallest absolute Gasteiger partial charge is 0.144 e. The molecule has 90 valence electrons. The zero-order valence-electron chi connectivity index (χ0n) is 10.2. The molecular formula is C14H14N4. The second kappa shape index (κ2) is 5.89. The second-order valence-corrected chi connectivity index (χ2v) is 3.98. The molecule has 0 aliphatic heterocycles. The summed E-state index contributed by atoms with van der Waals surface area (Å²) in [5, 5.41) is 12.3. The van der Waals surface area contributed by atoms with Crippen molar-refractivity contribution in [3.63, 3.8) is 0 Å². The van der Waals surface area contributed by atoms with Gasteiger partial charge in [0.15, 0.2) is 0 Å². The lowest BCUT2D eigenvalue weighted by Gasteiger charge is -2.13. The second-order valence-electron chi connectivity index (χ2n) is 3.98. The van der Waals surface area contributed by atoms with Gasteiger partial charge < -0.3 is 5.32 Å². The van der Waals surface area contributed by atoms with Gasteiger partial charge in [0, 0.05) is 30.5 Å². The summed E-state index contributed by atoms with van der Waals surface area (Å²) in [7, 11) is 0. The molecule has 2 aromatic rings. The van der Waals surface area contributed by atoms with Crippen LogP contribution in [0.2, 0.25) is 0 Å². The maximum absolute atomic E-state index is 8.95. The highest BCUT2D eigenvalue weighted by Gasteiger charge is 2.07. The fourth-order valence-corrected chi connectivity index (χ4v) is 1.68. The minimum absolute atomic E-state index is 0.137. The van der Waals surface area contributed by atoms with Crippen LogP contribution in [0.5, 0.6) is 0 Å². The van der Waals surface area contributed by atoms with Crippen molar-refractivity contribution in [1.29, 1.82) is 5.26 Å². The number of rotatable bonds is 4. The summed E-state index contributed by atoms with van der Waals surface area (Å²) in [6, 6.07) is 11.8. The van der Waals surface area contributed by atoms with Gasteiger partial charge in [-0.25, -0.2) is 4.98 Å². The van der Waals surface area contributed by atoms with E-state index in [2.05, 4.69) is 21.4 Å². The van der Waals surface area contributed by atoms with Gasteiger partial charge in [-0.2, -0.15) is 5.26 Å². The molecule has 4 heteroatoms. The molecule has 1 N–H and O–H groups in total. The summed E-state index contributed by atoms with van der Waals surface area (Å²) >= 11 is 0. The van der Waals surface area contributed by atoms with E-state index in [1.807, 2.05) is 37.3 Å². The Morgan fingerprint density at radius 1 is 1.22 bits per heavy atom. The van der Waals surface area contributed by atoms with E-state index < -0.39 is 0 Å². The van der Waals surface area contributed by atoms with E-state index in [0.29, 0.717) is 12.2 Å². The number of pyridine rings is 2. The molecule has 18 heavy (non-hydrogen) atoms. The van der Waals surface area contributed by atoms with Crippen LogP contribution in [0.25, 0.3) is 0 Å². The monoisotopic (exact) mass is 238 g/mol. The van der Waals surface area contributed by atoms with Crippen molar-refractivity contribution in [2.24, 2.45) is 0 Å². The Morgan fingerprint density at radius 3 is 2.78 bits per heavy atom. The number of hydrogen-bond donors (Lipinski definition) is 1. The van der Waals surface area contributed by atoms with Gasteiger partial charge in [0.1, 0.15) is 11.8 Å². The lowest BCUT2D eigenvalue weighted by atomic mass is 10.1. The van der Waals surface area contributed by atoms with Crippen LogP contribution in [-0.4, -0.2) is 9.97 Å². The SMILES string of the molecule is C[C@H](NCc1cccnc1C#N)c1ccccn1. The van der Waals surface area contributed by atoms with Gasteiger partial charge in [-0.3, -0.25) is 4.98 Å². The van der Waals surface area contributed by atoms with Gasteiger partial charge in [0.05, 0.1) is 5.69 Å². The minimum atomic E-state index is 0.137. The molecule has 0 spiro atoms. The van der Waals surface area contributed by atoms with E-state index in [1.165, 1.54) is 0 Å². The summed E-state index contributed by atoms with van der Waals surface area (Å²) in [5.41, 5.74) is 2.36. The Hall–Kier alpha value is -2.25. The first-order valence-corrected chi connectivity index (χ1v) is 5.79. The topological polar surface area (TPSA) is 61.6 Å². The van der Waals surface area contributed by atoms with E-state index in [9.17, 15) is 0 Å². The van der Waals surface area contributed by atoms with E-state index >= 15 is 0 Å². The molecule has 2 heterocycles. The Labute approximate surface area is 106 Å². The van der Waals surface area contributed by atoms with E-state index in [0.717, 1.165) is 11.3 Å². The molecular weight excluding hydrogens is 224 g/mol. The van der Waals surface area contributed by atoms with Gasteiger partial charge in [-0.15, -0.1) is 0 Å². The summed E-state index contributed by atoms with van der Waals surface area (Å²) in [6.07, 6.45) is 3.41. The number of nitrogens with one attached hydrogen (secondary N) is 1. The third kappa shape index (κ3) is 2.90. The lowest BCUT2D eigenvalue weighted by Crippen LogP contribution is -2.19. The van der Waals surface area contributed by atoms with Gasteiger partial charge in [0.2, 0.25) is 0 Å². The van der Waals surface area contributed by atoms with Crippen molar-refractivity contribution in [3.05, 3.63) is 59.7 Å². The van der Waals surface area contributed by atoms with Crippen molar-refractivity contribution in [2.75, 3.05) is 0 Å². The molecule has 0 amide bonds. The molecule has 0 bridgehead atoms. The molecule has 0 aliphatic rings. The van der Waals surface area contributed by atoms with Crippen LogP contribution in [0, 0.1) is 11.3 Å². The Bertz CT molecular complexity index is 545. The van der Waals surface area contributed by atoms with Crippen LogP contribution in [0.15, 0.2) is 42.7 Å². The predicted molar refractivity (Wildman–Crippen MR) is 68.4 cm³/mol. The molecule has 2 aromatic heterocycles. The Morgan fingerprint density at radius 2 is 2.06 bits per heavy atom. The van der Waals surface area contributed by atoms with Crippen molar-refractivity contribution in [2.45, 2.75) is 19.5 Å². The van der Waals surface area contributed by atoms with Gasteiger partial charge in [-0.05, 0) is 25.1 Å². The Balaban J connectivity index is 2.02. The zero-order chi connectivity index (χ0) is 12.8. The minimum Gasteiger partial charge on any atom is -0.305 e. The van der Waals surface area contributed by atoms with Crippen molar-refractivity contribution in [3.8, 4) is 6.07 Å². The summed E-state index contributed by atoms with van der Waals surface area (Å²) < 4.78 is 0. The number of hydrogen-bond acceptors (Lipinski definition) is 4. The molecule has 0 unspecified atom stereocenters. The predicted octanol–water partition coefficient (Wildman–Crippen LogP) is 2.20. The summed E-state index contributed by atoms with van der Waals surface area (Å²) in [4.78, 5) is 8.32. The number of nitrogens with zero attached hydrogens (tertiary/aromatic N) is 3. The van der Waals surface area contributed by atoms with Crippen LogP contribution in [0.3, 0.4) is 0 Å². The molecule has 4 nitrogen and oxygen atoms in total. The average molecular weight is 238 g/mol. The molecule has 0 aromatic carbocycles. The fraction of sp³-hybridized carbons (Fsp3) is 0.214. The molecule has 0 aliphatic carbocycles. The maximum atomic E-state index is 8.95. The van der Waals surface area contributed by atoms with Crippen LogP contribution < -0.4 is 5.32 Å². The highest BCUT2D eigenvalue weighted by Crippen LogP contribution is 2.10. The molecule has 0 saturated heterocycles. The van der Waals surface area contributed by atoms with Crippen molar-refractivity contribution in [1.82, 2.24) is 15.3 Å². The first-order valence-electron chi connectivity index (χ1n) is 5.79. The third-order valence-corrected chi connectivity index (χ3v) is 2.73. The quantitative estimate of drug-likeness (QED) is 0.887. The highest BCUT2D eigenvalue weighted by molar-refractivity contribution is 5.30. The third-order valence-electron chi connectivity index (χ3n) is 2.73. The van der Waals surface area contributed by atoms with Crippen molar-refractivity contribution >= 4 is 0 Å². The fourth-order valence-electron chi connectivity index (χ4n) is 1.68. The maximum Gasteiger partial charge on any atom is 0.144 e. The molecule has 0 radical (unpaired) electrons. The van der Waals surface area contributed by atoms with Crippen molar-refractivity contribution < 1.29 is 0 Å². The first-order chi connectivity index (χ1) is 8.81. The molecule has 0 fully saturated rings. The average Bonchev–Trinajstić information content (AvgIpc) is 2.46. The standard InChI is InChI=1S/C14H14N4/c1-11(13-6-2-3-7-16-13)18-10-12-5-4-8-17-14(12)9-15/h2-8,11,18H,10H2,1H3/t11-/m0/s1. The molecule has 2 rings (SSSR count). The van der Waals surface area contributed by atoms with Gasteiger partial charge >= 0.3 is 0 Å². The molecule has 1 atom stereocenters. The van der Waals surface area contributed by atoms with Gasteiger partial charge in [0.25, 0.3) is 0 Å². The van der Waals surface area contributed by atoms with E-state index in [-0.39, 0.29) is 6.04 Å². The normalized spacial score (nSPS) is 11.8. The number of nitriles is 1. The van der Waals surface area contributed by atoms with E-state index in [4.69, 9.17) is 5.26 Å². The number of aromatic nitrogens is 2. The van der Waals surface area contributed by atoms with Crippen LogP contribution in [0.1, 0.15) is 29.9 Å². The largest absolute Gasteiger partial charge is 0.305 e. The first kappa shape index (κ1) is 12.2. The van der Waals surface area contributed by atoms with Crippen LogP contribution >= 0.6 is 0 Å². The van der Waals surface area contributed by atoms with E-state index in [1.54, 1.807) is 12.4 Å². The highest BCUT2D eigenvalue weighted by atomic mass is 14.9. The Kier molecular flexibility index (Phi) is 4.00. The van der Waals surface area contributed by atoms with Gasteiger partial charge in [-0.1, -0.05) is 12.1 Å². The van der Waals surface area contributed by atoms with Crippen LogP contribution in [0.4, 0.5) is 0 Å². The lowest BCUT2D eigenvalue weighted by molar-refractivity contribution is 0.560. The molecule has 0 saturated carbocycles. The zero-order valence-corrected chi connectivity index (χ0v) is 10.2.